The van der Waals surface area contributed by atoms with E-state index >= 15 is 0 Å². The molecule has 0 saturated carbocycles. The van der Waals surface area contributed by atoms with Crippen LogP contribution in [-0.4, -0.2) is 27.2 Å². The van der Waals surface area contributed by atoms with Gasteiger partial charge in [0.25, 0.3) is 0 Å². The summed E-state index contributed by atoms with van der Waals surface area (Å²) in [7, 11) is 4.11. The Labute approximate surface area is 127 Å². The van der Waals surface area contributed by atoms with E-state index in [9.17, 15) is 0 Å². The van der Waals surface area contributed by atoms with Gasteiger partial charge in [-0.15, -0.1) is 0 Å². The molecule has 0 bridgehead atoms. The van der Waals surface area contributed by atoms with Gasteiger partial charge in [-0.25, -0.2) is 0 Å². The summed E-state index contributed by atoms with van der Waals surface area (Å²) >= 11 is 0. The van der Waals surface area contributed by atoms with Crippen molar-refractivity contribution in [3.8, 4) is 5.75 Å². The van der Waals surface area contributed by atoms with Crippen LogP contribution in [-0.2, 0) is 0 Å². The Morgan fingerprint density at radius 2 is 1.67 bits per heavy atom. The summed E-state index contributed by atoms with van der Waals surface area (Å²) in [6.07, 6.45) is 0. The summed E-state index contributed by atoms with van der Waals surface area (Å²) in [5.41, 5.74) is 2.51. The van der Waals surface area contributed by atoms with Gasteiger partial charge in [0.2, 0.25) is 0 Å². The Balaban J connectivity index is 1.75. The highest BCUT2D eigenvalue weighted by atomic mass is 16.5. The third kappa shape index (κ3) is 4.80. The maximum atomic E-state index is 5.67. The molecule has 0 amide bonds. The van der Waals surface area contributed by atoms with Crippen LogP contribution in [0.1, 0.15) is 18.5 Å². The van der Waals surface area contributed by atoms with Crippen molar-refractivity contribution < 1.29 is 4.74 Å². The predicted octanol–water partition coefficient (Wildman–Crippen LogP) is 3.48. The maximum absolute atomic E-state index is 5.67. The average molecular weight is 284 g/mol. The summed E-state index contributed by atoms with van der Waals surface area (Å²) in [5, 5.41) is 3.48. The van der Waals surface area contributed by atoms with Crippen molar-refractivity contribution in [1.82, 2.24) is 5.32 Å². The standard InChI is InChI=1S/C18H24N2O/c1-15(16-9-11-17(12-10-16)20(2)3)19-13-14-21-18-7-5-4-6-8-18/h4-12,15,19H,13-14H2,1-3H3. The topological polar surface area (TPSA) is 24.5 Å². The lowest BCUT2D eigenvalue weighted by Crippen LogP contribution is -2.24. The van der Waals surface area contributed by atoms with E-state index in [2.05, 4.69) is 55.5 Å². The van der Waals surface area contributed by atoms with Crippen molar-refractivity contribution in [3.63, 3.8) is 0 Å². The molecule has 21 heavy (non-hydrogen) atoms. The van der Waals surface area contributed by atoms with Crippen LogP contribution in [0.3, 0.4) is 0 Å². The molecule has 0 saturated heterocycles. The smallest absolute Gasteiger partial charge is 0.119 e. The van der Waals surface area contributed by atoms with Crippen molar-refractivity contribution in [2.75, 3.05) is 32.1 Å². The number of hydrogen-bond acceptors (Lipinski definition) is 3. The van der Waals surface area contributed by atoms with Crippen molar-refractivity contribution in [3.05, 3.63) is 60.2 Å². The van der Waals surface area contributed by atoms with Gasteiger partial charge in [-0.1, -0.05) is 30.3 Å². The molecule has 0 aliphatic heterocycles. The first-order valence-electron chi connectivity index (χ1n) is 7.35. The molecular formula is C18H24N2O. The fourth-order valence-electron chi connectivity index (χ4n) is 2.14. The largest absolute Gasteiger partial charge is 0.492 e. The molecule has 1 unspecified atom stereocenters. The summed E-state index contributed by atoms with van der Waals surface area (Å²) < 4.78 is 5.67. The zero-order chi connectivity index (χ0) is 15.1. The van der Waals surface area contributed by atoms with Crippen LogP contribution in [0.25, 0.3) is 0 Å². The van der Waals surface area contributed by atoms with E-state index < -0.39 is 0 Å². The average Bonchev–Trinajstić information content (AvgIpc) is 2.52. The fraction of sp³-hybridized carbons (Fsp3) is 0.333. The van der Waals surface area contributed by atoms with Gasteiger partial charge in [-0.05, 0) is 36.8 Å². The second-order valence-corrected chi connectivity index (χ2v) is 5.32. The fourth-order valence-corrected chi connectivity index (χ4v) is 2.14. The van der Waals surface area contributed by atoms with E-state index in [1.165, 1.54) is 11.3 Å². The minimum Gasteiger partial charge on any atom is -0.492 e. The SMILES string of the molecule is CC(NCCOc1ccccc1)c1ccc(N(C)C)cc1. The van der Waals surface area contributed by atoms with E-state index in [4.69, 9.17) is 4.74 Å². The molecule has 0 spiro atoms. The summed E-state index contributed by atoms with van der Waals surface area (Å²) in [4.78, 5) is 2.11. The number of nitrogens with one attached hydrogen (secondary N) is 1. The summed E-state index contributed by atoms with van der Waals surface area (Å²) in [5.74, 6) is 0.919. The molecular weight excluding hydrogens is 260 g/mol. The Hall–Kier alpha value is -2.00. The van der Waals surface area contributed by atoms with Crippen LogP contribution in [0.2, 0.25) is 0 Å². The van der Waals surface area contributed by atoms with Crippen molar-refractivity contribution in [1.29, 1.82) is 0 Å². The third-order valence-electron chi connectivity index (χ3n) is 3.47. The predicted molar refractivity (Wildman–Crippen MR) is 89.1 cm³/mol. The van der Waals surface area contributed by atoms with E-state index in [1.807, 2.05) is 30.3 Å². The molecule has 2 aromatic rings. The van der Waals surface area contributed by atoms with Gasteiger partial charge in [0.05, 0.1) is 0 Å². The number of anilines is 1. The highest BCUT2D eigenvalue weighted by Crippen LogP contribution is 2.17. The van der Waals surface area contributed by atoms with Crippen LogP contribution >= 0.6 is 0 Å². The minimum absolute atomic E-state index is 0.320. The van der Waals surface area contributed by atoms with Gasteiger partial charge in [0.1, 0.15) is 12.4 Å². The molecule has 1 atom stereocenters. The first-order chi connectivity index (χ1) is 10.2. The van der Waals surface area contributed by atoms with Gasteiger partial charge in [0, 0.05) is 32.4 Å². The highest BCUT2D eigenvalue weighted by Gasteiger charge is 2.05. The second kappa shape index (κ2) is 7.70. The monoisotopic (exact) mass is 284 g/mol. The molecule has 2 aromatic carbocycles. The van der Waals surface area contributed by atoms with Gasteiger partial charge < -0.3 is 15.0 Å². The molecule has 0 heterocycles. The minimum atomic E-state index is 0.320. The molecule has 0 fully saturated rings. The van der Waals surface area contributed by atoms with E-state index in [0.29, 0.717) is 12.6 Å². The van der Waals surface area contributed by atoms with Crippen LogP contribution in [0.5, 0.6) is 5.75 Å². The molecule has 112 valence electrons. The molecule has 0 aromatic heterocycles. The van der Waals surface area contributed by atoms with Gasteiger partial charge in [0.15, 0.2) is 0 Å². The summed E-state index contributed by atoms with van der Waals surface area (Å²) in [6, 6.07) is 18.9. The molecule has 3 heteroatoms. The van der Waals surface area contributed by atoms with Crippen molar-refractivity contribution >= 4 is 5.69 Å². The van der Waals surface area contributed by atoms with Crippen molar-refractivity contribution in [2.24, 2.45) is 0 Å². The maximum Gasteiger partial charge on any atom is 0.119 e. The third-order valence-corrected chi connectivity index (χ3v) is 3.47. The second-order valence-electron chi connectivity index (χ2n) is 5.32. The van der Waals surface area contributed by atoms with E-state index in [0.717, 1.165) is 12.3 Å². The van der Waals surface area contributed by atoms with Gasteiger partial charge in [-0.3, -0.25) is 0 Å². The van der Waals surface area contributed by atoms with E-state index in [1.54, 1.807) is 0 Å². The molecule has 0 aliphatic rings. The lowest BCUT2D eigenvalue weighted by molar-refractivity contribution is 0.307. The Kier molecular flexibility index (Phi) is 5.64. The number of rotatable bonds is 7. The van der Waals surface area contributed by atoms with Crippen LogP contribution in [0, 0.1) is 0 Å². The van der Waals surface area contributed by atoms with Crippen LogP contribution in [0.4, 0.5) is 5.69 Å². The summed E-state index contributed by atoms with van der Waals surface area (Å²) in [6.45, 7) is 3.67. The number of nitrogens with zero attached hydrogens (tertiary/aromatic N) is 1. The number of hydrogen-bond donors (Lipinski definition) is 1. The number of para-hydroxylation sites is 1. The van der Waals surface area contributed by atoms with Gasteiger partial charge >= 0.3 is 0 Å². The quantitative estimate of drug-likeness (QED) is 0.788. The molecule has 0 radical (unpaired) electrons. The lowest BCUT2D eigenvalue weighted by atomic mass is 10.1. The zero-order valence-electron chi connectivity index (χ0n) is 13.0. The molecule has 1 N–H and O–H groups in total. The molecule has 3 nitrogen and oxygen atoms in total. The zero-order valence-corrected chi connectivity index (χ0v) is 13.0. The first-order valence-corrected chi connectivity index (χ1v) is 7.35. The first kappa shape index (κ1) is 15.4. The number of benzene rings is 2. The lowest BCUT2D eigenvalue weighted by Gasteiger charge is -2.17. The normalized spacial score (nSPS) is 12.0. The Morgan fingerprint density at radius 1 is 1.00 bits per heavy atom. The molecule has 2 rings (SSSR count). The van der Waals surface area contributed by atoms with Crippen molar-refractivity contribution in [2.45, 2.75) is 13.0 Å². The Bertz CT molecular complexity index is 523. The molecule has 0 aliphatic carbocycles. The highest BCUT2D eigenvalue weighted by molar-refractivity contribution is 5.46. The van der Waals surface area contributed by atoms with Gasteiger partial charge in [-0.2, -0.15) is 0 Å². The number of ether oxygens (including phenoxy) is 1. The van der Waals surface area contributed by atoms with Crippen LogP contribution in [0.15, 0.2) is 54.6 Å². The van der Waals surface area contributed by atoms with Crippen LogP contribution < -0.4 is 15.0 Å². The Morgan fingerprint density at radius 3 is 2.29 bits per heavy atom. The van der Waals surface area contributed by atoms with E-state index in [-0.39, 0.29) is 0 Å².